The third-order valence-electron chi connectivity index (χ3n) is 11.4. The van der Waals surface area contributed by atoms with E-state index in [0.29, 0.717) is 17.5 Å². The summed E-state index contributed by atoms with van der Waals surface area (Å²) < 4.78 is 28.0. The highest BCUT2D eigenvalue weighted by atomic mass is 28.4. The Bertz CT molecular complexity index is 1700. The van der Waals surface area contributed by atoms with E-state index in [2.05, 4.69) is 45.0 Å². The number of halogens is 1. The number of nitrogens with zero attached hydrogens (tertiary/aromatic N) is 1. The van der Waals surface area contributed by atoms with Crippen LogP contribution in [0.1, 0.15) is 77.4 Å². The zero-order chi connectivity index (χ0) is 34.5. The molecule has 0 spiro atoms. The Kier molecular flexibility index (Phi) is 9.19. The van der Waals surface area contributed by atoms with Crippen LogP contribution < -0.4 is 10.4 Å². The van der Waals surface area contributed by atoms with Gasteiger partial charge in [-0.1, -0.05) is 107 Å². The number of carbonyl (C=O) groups excluding carboxylic acids is 2. The maximum absolute atomic E-state index is 14.5. The number of allylic oxidation sites excluding steroid dienone is 1. The number of phenols is 1. The first-order chi connectivity index (χ1) is 23.5. The molecule has 0 unspecified atom stereocenters. The lowest BCUT2D eigenvalue weighted by atomic mass is 9.55. The van der Waals surface area contributed by atoms with Crippen molar-refractivity contribution < 1.29 is 33.2 Å². The van der Waals surface area contributed by atoms with E-state index < -0.39 is 50.9 Å². The second-order valence-corrected chi connectivity index (χ2v) is 19.5. The molecular weight excluding hydrogens is 636 g/mol. The third kappa shape index (κ3) is 5.90. The lowest BCUT2D eigenvalue weighted by molar-refractivity contribution is -0.143. The maximum Gasteiger partial charge on any atom is 0.487 e. The number of likely N-dealkylation sites (tertiary alicyclic amines) is 1. The molecule has 2 amide bonds. The summed E-state index contributed by atoms with van der Waals surface area (Å²) in [4.78, 5) is 30.1. The molecule has 0 bridgehead atoms. The highest BCUT2D eigenvalue weighted by molar-refractivity contribution is 6.99. The molecule has 2 aliphatic heterocycles. The average molecular weight is 682 g/mol. The largest absolute Gasteiger partial charge is 0.505 e. The summed E-state index contributed by atoms with van der Waals surface area (Å²) in [6.45, 7) is 6.79. The van der Waals surface area contributed by atoms with Gasteiger partial charge in [0.1, 0.15) is 0 Å². The summed E-state index contributed by atoms with van der Waals surface area (Å²) in [5, 5.41) is 23.5. The summed E-state index contributed by atoms with van der Waals surface area (Å²) in [6.07, 6.45) is 4.57. The Morgan fingerprint density at radius 3 is 2.14 bits per heavy atom. The Morgan fingerprint density at radius 2 is 1.55 bits per heavy atom. The van der Waals surface area contributed by atoms with Crippen LogP contribution in [0.25, 0.3) is 0 Å². The number of hydrogen-bond acceptors (Lipinski definition) is 6. The molecule has 4 aliphatic rings. The number of imide groups is 1. The molecule has 3 aromatic carbocycles. The molecule has 2 heterocycles. The number of benzene rings is 3. The smallest absolute Gasteiger partial charge is 0.487 e. The van der Waals surface area contributed by atoms with Gasteiger partial charge in [-0.25, -0.2) is 4.39 Å². The van der Waals surface area contributed by atoms with Crippen molar-refractivity contribution in [2.45, 2.75) is 82.9 Å². The first-order valence-electron chi connectivity index (χ1n) is 17.7. The molecule has 0 aromatic heterocycles. The predicted octanol–water partition coefficient (Wildman–Crippen LogP) is 5.84. The van der Waals surface area contributed by atoms with Gasteiger partial charge in [0.25, 0.3) is 8.32 Å². The lowest BCUT2D eigenvalue weighted by Gasteiger charge is -2.45. The number of fused-ring (bicyclic) bond motifs is 3. The Balaban J connectivity index is 1.31. The topological polar surface area (TPSA) is 96.3 Å². The summed E-state index contributed by atoms with van der Waals surface area (Å²) in [5.74, 6) is -3.24. The van der Waals surface area contributed by atoms with Crippen LogP contribution in [-0.2, 0) is 18.7 Å². The van der Waals surface area contributed by atoms with E-state index >= 15 is 0 Å². The fourth-order valence-electron chi connectivity index (χ4n) is 9.16. The van der Waals surface area contributed by atoms with Crippen molar-refractivity contribution in [2.24, 2.45) is 17.8 Å². The van der Waals surface area contributed by atoms with Crippen LogP contribution in [0.5, 0.6) is 5.75 Å². The molecule has 1 saturated carbocycles. The first-order valence-corrected chi connectivity index (χ1v) is 19.6. The molecule has 0 radical (unpaired) electrons. The summed E-state index contributed by atoms with van der Waals surface area (Å²) in [5.41, 5.74) is 1.87. The van der Waals surface area contributed by atoms with Crippen molar-refractivity contribution in [2.75, 3.05) is 6.61 Å². The molecule has 7 rings (SSSR count). The number of phenolic OH excluding ortho intramolecular Hbond substituents is 1. The second-order valence-electron chi connectivity index (χ2n) is 15.2. The Morgan fingerprint density at radius 1 is 0.918 bits per heavy atom. The summed E-state index contributed by atoms with van der Waals surface area (Å²) >= 11 is 0. The standard InChI is InChI=1S/C39H45BFNO6Si/c1-39(2,3)49(28-15-9-5-10-16-28,29-17-11-6-12-18-29)47-24-26-21-31-35(38(45)42(37(31)44)27-13-7-4-8-14-27)30-23-34(48-40(46)36(26)30)25-19-20-33(43)32(41)22-25/h5-6,9-12,15-20,22,27,30-31,34-35,43,46H,4,7-8,13-14,21,23-24H2,1-3H3/t30-,31-,34-,35+/m0/s1. The Labute approximate surface area is 289 Å². The average Bonchev–Trinajstić information content (AvgIpc) is 3.35. The fourth-order valence-corrected chi connectivity index (χ4v) is 13.7. The predicted molar refractivity (Wildman–Crippen MR) is 189 cm³/mol. The monoisotopic (exact) mass is 681 g/mol. The van der Waals surface area contributed by atoms with Crippen LogP contribution in [0.3, 0.4) is 0 Å². The zero-order valence-electron chi connectivity index (χ0n) is 28.5. The van der Waals surface area contributed by atoms with Crippen molar-refractivity contribution >= 4 is 37.6 Å². The van der Waals surface area contributed by atoms with Crippen molar-refractivity contribution in [3.05, 3.63) is 101 Å². The molecule has 2 aliphatic carbocycles. The molecule has 49 heavy (non-hydrogen) atoms. The fraction of sp³-hybridized carbons (Fsp3) is 0.436. The number of amides is 2. The third-order valence-corrected chi connectivity index (χ3v) is 16.4. The Hall–Kier alpha value is -3.57. The minimum Gasteiger partial charge on any atom is -0.505 e. The molecule has 256 valence electrons. The van der Waals surface area contributed by atoms with Crippen LogP contribution in [0, 0.1) is 23.6 Å². The highest BCUT2D eigenvalue weighted by Gasteiger charge is 2.59. The van der Waals surface area contributed by atoms with Gasteiger partial charge in [-0.05, 0) is 75.8 Å². The van der Waals surface area contributed by atoms with Gasteiger partial charge in [-0.15, -0.1) is 0 Å². The molecule has 10 heteroatoms. The van der Waals surface area contributed by atoms with Crippen molar-refractivity contribution in [3.8, 4) is 5.75 Å². The van der Waals surface area contributed by atoms with Gasteiger partial charge in [0.15, 0.2) is 11.6 Å². The van der Waals surface area contributed by atoms with Crippen molar-refractivity contribution in [3.63, 3.8) is 0 Å². The normalized spacial score (nSPS) is 25.1. The molecule has 4 atom stereocenters. The molecular formula is C39H45BFNO6Si. The molecule has 3 fully saturated rings. The van der Waals surface area contributed by atoms with Crippen LogP contribution >= 0.6 is 0 Å². The van der Waals surface area contributed by atoms with E-state index in [1.54, 1.807) is 11.0 Å². The van der Waals surface area contributed by atoms with Crippen LogP contribution in [0.2, 0.25) is 5.04 Å². The maximum atomic E-state index is 14.5. The van der Waals surface area contributed by atoms with Gasteiger partial charge in [0.2, 0.25) is 11.8 Å². The lowest BCUT2D eigenvalue weighted by Crippen LogP contribution is -2.66. The van der Waals surface area contributed by atoms with Gasteiger partial charge >= 0.3 is 7.12 Å². The molecule has 2 N–H and O–H groups in total. The number of aromatic hydroxyl groups is 1. The minimum atomic E-state index is -2.98. The van der Waals surface area contributed by atoms with E-state index in [-0.39, 0.29) is 35.9 Å². The second kappa shape index (κ2) is 13.3. The van der Waals surface area contributed by atoms with Gasteiger partial charge in [0.05, 0.1) is 24.5 Å². The minimum absolute atomic E-state index is 0.105. The highest BCUT2D eigenvalue weighted by Crippen LogP contribution is 2.53. The zero-order valence-corrected chi connectivity index (χ0v) is 29.5. The summed E-state index contributed by atoms with van der Waals surface area (Å²) in [6, 6.07) is 24.6. The van der Waals surface area contributed by atoms with Crippen LogP contribution in [0.15, 0.2) is 89.9 Å². The van der Waals surface area contributed by atoms with E-state index in [1.807, 2.05) is 36.4 Å². The van der Waals surface area contributed by atoms with Gasteiger partial charge < -0.3 is 19.2 Å². The number of rotatable bonds is 7. The van der Waals surface area contributed by atoms with E-state index in [1.165, 1.54) is 12.1 Å². The SMILES string of the molecule is CC(C)(C)[Si](OCC1=C2B(O)O[C@H](c3ccc(O)c(F)c3)C[C@H]2[C@H]2C(=O)N(C3CCCCC3)C(=O)[C@H]2C1)(c1ccccc1)c1ccccc1. The van der Waals surface area contributed by atoms with E-state index in [4.69, 9.17) is 9.08 Å². The van der Waals surface area contributed by atoms with Gasteiger partial charge in [0, 0.05) is 6.04 Å². The molecule has 7 nitrogen and oxygen atoms in total. The van der Waals surface area contributed by atoms with Crippen molar-refractivity contribution in [1.29, 1.82) is 0 Å². The van der Waals surface area contributed by atoms with Gasteiger partial charge in [-0.3, -0.25) is 14.5 Å². The number of carbonyl (C=O) groups is 2. The summed E-state index contributed by atoms with van der Waals surface area (Å²) in [7, 11) is -4.35. The van der Waals surface area contributed by atoms with E-state index in [0.717, 1.165) is 48.1 Å². The first kappa shape index (κ1) is 33.9. The van der Waals surface area contributed by atoms with E-state index in [9.17, 15) is 24.1 Å². The van der Waals surface area contributed by atoms with Gasteiger partial charge in [-0.2, -0.15) is 0 Å². The number of hydrogen-bond donors (Lipinski definition) is 2. The van der Waals surface area contributed by atoms with Crippen LogP contribution in [-0.4, -0.2) is 54.9 Å². The van der Waals surface area contributed by atoms with Crippen LogP contribution in [0.4, 0.5) is 4.39 Å². The quantitative estimate of drug-likeness (QED) is 0.241. The molecule has 3 aromatic rings. The van der Waals surface area contributed by atoms with Crippen molar-refractivity contribution in [1.82, 2.24) is 4.90 Å². The molecule has 2 saturated heterocycles.